The fourth-order valence-electron chi connectivity index (χ4n) is 7.75. The maximum Gasteiger partial charge on any atom is 0.0947 e. The molecule has 0 saturated heterocycles. The first kappa shape index (κ1) is 27.9. The largest absolute Gasteiger partial charge is 0.313 e. The van der Waals surface area contributed by atoms with Crippen LogP contribution in [-0.4, -0.2) is 9.13 Å². The normalized spacial score (nSPS) is 15.8. The monoisotopic (exact) mass is 614 g/mol. The number of hydrogen-bond acceptors (Lipinski definition) is 2. The van der Waals surface area contributed by atoms with Crippen LogP contribution in [0.3, 0.4) is 0 Å². The second kappa shape index (κ2) is 11.2. The molecule has 4 nitrogen and oxygen atoms in total. The van der Waals surface area contributed by atoms with Crippen molar-refractivity contribution in [2.45, 2.75) is 19.3 Å². The highest BCUT2D eigenvalue weighted by Gasteiger charge is 2.26. The summed E-state index contributed by atoms with van der Waals surface area (Å²) < 4.78 is 4.73. The molecule has 0 radical (unpaired) electrons. The van der Waals surface area contributed by atoms with Gasteiger partial charge in [-0.05, 0) is 84.0 Å². The molecule has 0 saturated carbocycles. The van der Waals surface area contributed by atoms with Crippen LogP contribution in [0, 0.1) is 28.6 Å². The minimum absolute atomic E-state index is 0.123. The molecule has 9 rings (SSSR count). The summed E-state index contributed by atoms with van der Waals surface area (Å²) in [7, 11) is 0. The number of nitrogens with zero attached hydrogens (tertiary/aromatic N) is 4. The molecule has 4 heteroatoms. The van der Waals surface area contributed by atoms with Gasteiger partial charge >= 0.3 is 0 Å². The number of fused-ring (bicyclic) bond motifs is 6. The van der Waals surface area contributed by atoms with Crippen LogP contribution in [0.15, 0.2) is 139 Å². The second-order valence-electron chi connectivity index (χ2n) is 12.7. The van der Waals surface area contributed by atoms with Crippen LogP contribution >= 0.6 is 0 Å². The van der Waals surface area contributed by atoms with E-state index in [-0.39, 0.29) is 5.92 Å². The molecule has 7 aromatic rings. The van der Waals surface area contributed by atoms with Crippen molar-refractivity contribution in [1.82, 2.24) is 9.13 Å². The highest BCUT2D eigenvalue weighted by Crippen LogP contribution is 2.42. The van der Waals surface area contributed by atoms with E-state index in [0.29, 0.717) is 12.8 Å². The predicted molar refractivity (Wildman–Crippen MR) is 196 cm³/mol. The third-order valence-corrected chi connectivity index (χ3v) is 9.98. The summed E-state index contributed by atoms with van der Waals surface area (Å²) in [5.74, 6) is -0.123. The zero-order valence-corrected chi connectivity index (χ0v) is 26.3. The molecule has 2 aliphatic rings. The van der Waals surface area contributed by atoms with Gasteiger partial charge in [-0.3, -0.25) is 0 Å². The van der Waals surface area contributed by atoms with Gasteiger partial charge < -0.3 is 9.13 Å². The summed E-state index contributed by atoms with van der Waals surface area (Å²) in [6.07, 6.45) is 8.39. The van der Waals surface area contributed by atoms with E-state index in [1.54, 1.807) is 0 Å². The molecule has 2 heterocycles. The molecule has 0 aliphatic heterocycles. The number of nitriles is 2. The summed E-state index contributed by atoms with van der Waals surface area (Å²) in [6.45, 7) is 0. The Bertz CT molecular complexity index is 2550. The maximum atomic E-state index is 9.93. The highest BCUT2D eigenvalue weighted by atomic mass is 15.0. The van der Waals surface area contributed by atoms with E-state index in [9.17, 15) is 10.5 Å². The molecule has 2 aliphatic carbocycles. The Labute approximate surface area is 279 Å². The van der Waals surface area contributed by atoms with Crippen LogP contribution < -0.4 is 0 Å². The van der Waals surface area contributed by atoms with Crippen molar-refractivity contribution < 1.29 is 0 Å². The highest BCUT2D eigenvalue weighted by molar-refractivity contribution is 6.09. The number of para-hydroxylation sites is 3. The van der Waals surface area contributed by atoms with E-state index in [2.05, 4.69) is 155 Å². The number of rotatable bonds is 4. The molecule has 0 N–H and O–H groups in total. The summed E-state index contributed by atoms with van der Waals surface area (Å²) in [5.41, 5.74) is 13.4. The van der Waals surface area contributed by atoms with Crippen LogP contribution in [0.4, 0.5) is 0 Å². The minimum Gasteiger partial charge on any atom is -0.313 e. The van der Waals surface area contributed by atoms with Gasteiger partial charge in [0, 0.05) is 44.4 Å². The first-order valence-corrected chi connectivity index (χ1v) is 16.5. The van der Waals surface area contributed by atoms with E-state index in [1.165, 1.54) is 38.5 Å². The van der Waals surface area contributed by atoms with Gasteiger partial charge in [-0.25, -0.2) is 0 Å². The smallest absolute Gasteiger partial charge is 0.0947 e. The van der Waals surface area contributed by atoms with E-state index in [4.69, 9.17) is 0 Å². The number of allylic oxidation sites excluding steroid dienone is 5. The van der Waals surface area contributed by atoms with Crippen LogP contribution in [0.5, 0.6) is 0 Å². The van der Waals surface area contributed by atoms with Crippen LogP contribution in [0.1, 0.15) is 29.7 Å². The Morgan fingerprint density at radius 3 is 1.94 bits per heavy atom. The van der Waals surface area contributed by atoms with Crippen molar-refractivity contribution >= 4 is 50.1 Å². The van der Waals surface area contributed by atoms with Gasteiger partial charge in [-0.15, -0.1) is 0 Å². The van der Waals surface area contributed by atoms with Crippen LogP contribution in [0.25, 0.3) is 66.9 Å². The van der Waals surface area contributed by atoms with Crippen molar-refractivity contribution in [3.63, 3.8) is 0 Å². The zero-order chi connectivity index (χ0) is 32.2. The topological polar surface area (TPSA) is 57.4 Å². The van der Waals surface area contributed by atoms with Gasteiger partial charge in [-0.2, -0.15) is 10.5 Å². The molecule has 1 unspecified atom stereocenters. The van der Waals surface area contributed by atoms with E-state index < -0.39 is 0 Å². The lowest BCUT2D eigenvalue weighted by Crippen LogP contribution is -2.10. The van der Waals surface area contributed by atoms with Gasteiger partial charge in [0.15, 0.2) is 0 Å². The van der Waals surface area contributed by atoms with Crippen LogP contribution in [-0.2, 0) is 6.42 Å². The maximum absolute atomic E-state index is 9.93. The standard InChI is InChI=1S/C44H30N4/c45-27-29-16-22-43(48-42-15-6-3-12-37(42)39-25-30(28-46)17-23-44(39)48)38(24-29)32-20-18-31(19-21-32)33-8-7-9-34(26-33)47-40-13-4-1-10-35(40)36-11-2-5-14-41(36)47/h1-15,17-21,23-24,26,30H,16,22,25H2. The van der Waals surface area contributed by atoms with Crippen LogP contribution in [0.2, 0.25) is 0 Å². The number of hydrogen-bond donors (Lipinski definition) is 0. The molecular weight excluding hydrogens is 585 g/mol. The average Bonchev–Trinajstić information content (AvgIpc) is 3.67. The fourth-order valence-corrected chi connectivity index (χ4v) is 7.75. The lowest BCUT2D eigenvalue weighted by atomic mass is 9.90. The van der Waals surface area contributed by atoms with Gasteiger partial charge in [0.25, 0.3) is 0 Å². The van der Waals surface area contributed by atoms with Gasteiger partial charge in [0.2, 0.25) is 0 Å². The Hall–Kier alpha value is -6.36. The van der Waals surface area contributed by atoms with E-state index in [1.807, 2.05) is 6.08 Å². The SMILES string of the molecule is N#CC1=CC(c2ccc(-c3cccc(-n4c5ccccc5c5ccccc54)c3)cc2)=C(n2c3c(c4ccccc42)CC(C#N)C=C3)CC1. The summed E-state index contributed by atoms with van der Waals surface area (Å²) in [5, 5.41) is 23.3. The lowest BCUT2D eigenvalue weighted by molar-refractivity contribution is 0.807. The quantitative estimate of drug-likeness (QED) is 0.198. The molecule has 48 heavy (non-hydrogen) atoms. The summed E-state index contributed by atoms with van der Waals surface area (Å²) in [4.78, 5) is 0. The number of benzene rings is 5. The summed E-state index contributed by atoms with van der Waals surface area (Å²) in [6, 6.07) is 48.1. The molecule has 0 amide bonds. The molecule has 226 valence electrons. The predicted octanol–water partition coefficient (Wildman–Crippen LogP) is 10.7. The van der Waals surface area contributed by atoms with E-state index >= 15 is 0 Å². The summed E-state index contributed by atoms with van der Waals surface area (Å²) >= 11 is 0. The molecule has 1 atom stereocenters. The van der Waals surface area contributed by atoms with Crippen molar-refractivity contribution in [2.75, 3.05) is 0 Å². The van der Waals surface area contributed by atoms with Gasteiger partial charge in [0.1, 0.15) is 0 Å². The molecule has 0 bridgehead atoms. The average molecular weight is 615 g/mol. The first-order chi connectivity index (χ1) is 23.7. The number of aromatic nitrogens is 2. The Morgan fingerprint density at radius 1 is 0.604 bits per heavy atom. The lowest BCUT2D eigenvalue weighted by Gasteiger charge is -2.23. The van der Waals surface area contributed by atoms with Gasteiger partial charge in [-0.1, -0.05) is 97.1 Å². The first-order valence-electron chi connectivity index (χ1n) is 16.5. The molecule has 0 fully saturated rings. The minimum atomic E-state index is -0.123. The fraction of sp³-hybridized carbons (Fsp3) is 0.0909. The Kier molecular flexibility index (Phi) is 6.49. The van der Waals surface area contributed by atoms with E-state index in [0.717, 1.165) is 51.2 Å². The van der Waals surface area contributed by atoms with Crippen molar-refractivity contribution in [3.8, 4) is 29.0 Å². The third-order valence-electron chi connectivity index (χ3n) is 9.98. The zero-order valence-electron chi connectivity index (χ0n) is 26.3. The van der Waals surface area contributed by atoms with Crippen molar-refractivity contribution in [3.05, 3.63) is 156 Å². The third kappa shape index (κ3) is 4.35. The Balaban J connectivity index is 1.16. The molecule has 5 aromatic carbocycles. The van der Waals surface area contributed by atoms with Crippen molar-refractivity contribution in [2.24, 2.45) is 5.92 Å². The van der Waals surface area contributed by atoms with Gasteiger partial charge in [0.05, 0.1) is 34.6 Å². The molecular formula is C44H30N4. The van der Waals surface area contributed by atoms with Crippen molar-refractivity contribution in [1.29, 1.82) is 10.5 Å². The molecule has 0 spiro atoms. The Morgan fingerprint density at radius 2 is 1.25 bits per heavy atom. The molecule has 2 aromatic heterocycles. The second-order valence-corrected chi connectivity index (χ2v) is 12.7.